The Balaban J connectivity index is 2.22. The number of carbonyl (C=O) groups is 1. The van der Waals surface area contributed by atoms with Crippen molar-refractivity contribution in [3.63, 3.8) is 0 Å². The summed E-state index contributed by atoms with van der Waals surface area (Å²) < 4.78 is 10.3. The smallest absolute Gasteiger partial charge is 0.262 e. The van der Waals surface area contributed by atoms with E-state index >= 15 is 0 Å². The van der Waals surface area contributed by atoms with Crippen LogP contribution in [0.4, 0.5) is 0 Å². The van der Waals surface area contributed by atoms with Gasteiger partial charge >= 0.3 is 0 Å². The Bertz CT molecular complexity index is 360. The first kappa shape index (κ1) is 8.10. The fourth-order valence-electron chi connectivity index (χ4n) is 1.25. The van der Waals surface area contributed by atoms with Crippen LogP contribution in [0.5, 0.6) is 0 Å². The number of Topliss-reactive ketones (excluding diaryl/α,β-unsaturated/α-hetero) is 1. The fourth-order valence-corrected chi connectivity index (χ4v) is 1.25. The lowest BCUT2D eigenvalue weighted by atomic mass is 10.2. The molecule has 0 unspecified atom stereocenters. The minimum absolute atomic E-state index is 0.161. The van der Waals surface area contributed by atoms with Gasteiger partial charge < -0.3 is 9.15 Å². The van der Waals surface area contributed by atoms with Crippen LogP contribution in [0.25, 0.3) is 0 Å². The van der Waals surface area contributed by atoms with Gasteiger partial charge in [0.05, 0.1) is 6.61 Å². The number of ether oxygens (including phenoxy) is 1. The third-order valence-electron chi connectivity index (χ3n) is 1.89. The van der Waals surface area contributed by atoms with Gasteiger partial charge in [0.15, 0.2) is 11.5 Å². The van der Waals surface area contributed by atoms with Crippen LogP contribution in [0, 0.1) is 6.92 Å². The van der Waals surface area contributed by atoms with E-state index in [0.717, 1.165) is 12.2 Å². The molecule has 0 amide bonds. The maximum absolute atomic E-state index is 11.6. The zero-order valence-electron chi connectivity index (χ0n) is 7.37. The van der Waals surface area contributed by atoms with Gasteiger partial charge in [0.2, 0.25) is 0 Å². The maximum atomic E-state index is 11.6. The topological polar surface area (TPSA) is 39.4 Å². The van der Waals surface area contributed by atoms with Gasteiger partial charge in [0, 0.05) is 6.42 Å². The van der Waals surface area contributed by atoms with Gasteiger partial charge in [-0.25, -0.2) is 0 Å². The van der Waals surface area contributed by atoms with Crippen molar-refractivity contribution in [2.75, 3.05) is 6.61 Å². The number of rotatable bonds is 2. The van der Waals surface area contributed by atoms with Crippen molar-refractivity contribution in [3.8, 4) is 0 Å². The van der Waals surface area contributed by atoms with Crippen LogP contribution in [0.1, 0.15) is 22.7 Å². The van der Waals surface area contributed by atoms with E-state index in [0.29, 0.717) is 18.1 Å². The Labute approximate surface area is 76.0 Å². The lowest BCUT2D eigenvalue weighted by Gasteiger charge is -1.98. The first-order valence-corrected chi connectivity index (χ1v) is 4.21. The van der Waals surface area contributed by atoms with E-state index in [1.165, 1.54) is 0 Å². The number of ketones is 1. The standard InChI is InChI=1S/C10H10O3/c1-7-4-5-9(13-7)10(11)8-3-2-6-12-8/h3-5H,2,6H2,1H3. The van der Waals surface area contributed by atoms with Crippen LogP contribution in [-0.4, -0.2) is 12.4 Å². The summed E-state index contributed by atoms with van der Waals surface area (Å²) in [6.07, 6.45) is 2.60. The number of allylic oxidation sites excluding steroid dienone is 1. The highest BCUT2D eigenvalue weighted by atomic mass is 16.5. The molecule has 0 atom stereocenters. The van der Waals surface area contributed by atoms with Gasteiger partial charge in [-0.05, 0) is 25.1 Å². The van der Waals surface area contributed by atoms with Crippen molar-refractivity contribution in [1.29, 1.82) is 0 Å². The number of carbonyl (C=O) groups excluding carboxylic acids is 1. The molecule has 68 valence electrons. The second-order valence-electron chi connectivity index (χ2n) is 2.94. The van der Waals surface area contributed by atoms with Crippen molar-refractivity contribution < 1.29 is 13.9 Å². The molecule has 1 aliphatic rings. The lowest BCUT2D eigenvalue weighted by Crippen LogP contribution is -2.02. The average Bonchev–Trinajstić information content (AvgIpc) is 2.72. The fraction of sp³-hybridized carbons (Fsp3) is 0.300. The zero-order chi connectivity index (χ0) is 9.26. The Kier molecular flexibility index (Phi) is 1.93. The molecule has 0 aliphatic carbocycles. The molecule has 1 aromatic heterocycles. The monoisotopic (exact) mass is 178 g/mol. The summed E-state index contributed by atoms with van der Waals surface area (Å²) in [4.78, 5) is 11.6. The van der Waals surface area contributed by atoms with E-state index in [9.17, 15) is 4.79 Å². The molecule has 2 rings (SSSR count). The molecular formula is C10H10O3. The molecule has 3 heteroatoms. The number of hydrogen-bond acceptors (Lipinski definition) is 3. The lowest BCUT2D eigenvalue weighted by molar-refractivity contribution is 0.0914. The Hall–Kier alpha value is -1.51. The highest BCUT2D eigenvalue weighted by Crippen LogP contribution is 2.17. The quantitative estimate of drug-likeness (QED) is 0.651. The molecule has 0 fully saturated rings. The Morgan fingerprint density at radius 1 is 1.46 bits per heavy atom. The van der Waals surface area contributed by atoms with Crippen LogP contribution < -0.4 is 0 Å². The SMILES string of the molecule is Cc1ccc(C(=O)C2=CCCO2)o1. The molecule has 0 saturated heterocycles. The van der Waals surface area contributed by atoms with Crippen molar-refractivity contribution in [2.24, 2.45) is 0 Å². The molecule has 0 N–H and O–H groups in total. The van der Waals surface area contributed by atoms with E-state index in [1.807, 2.05) is 0 Å². The molecule has 0 spiro atoms. The third kappa shape index (κ3) is 1.49. The molecule has 13 heavy (non-hydrogen) atoms. The first-order chi connectivity index (χ1) is 6.27. The average molecular weight is 178 g/mol. The van der Waals surface area contributed by atoms with Gasteiger partial charge in [-0.3, -0.25) is 4.79 Å². The van der Waals surface area contributed by atoms with Crippen molar-refractivity contribution in [3.05, 3.63) is 35.5 Å². The molecule has 3 nitrogen and oxygen atoms in total. The summed E-state index contributed by atoms with van der Waals surface area (Å²) in [6, 6.07) is 3.43. The molecule has 2 heterocycles. The molecule has 0 radical (unpaired) electrons. The van der Waals surface area contributed by atoms with E-state index in [2.05, 4.69) is 0 Å². The molecule has 1 aromatic rings. The third-order valence-corrected chi connectivity index (χ3v) is 1.89. The van der Waals surface area contributed by atoms with E-state index in [-0.39, 0.29) is 5.78 Å². The summed E-state index contributed by atoms with van der Waals surface area (Å²) in [5, 5.41) is 0. The predicted octanol–water partition coefficient (Wildman–Crippen LogP) is 2.07. The number of furan rings is 1. The van der Waals surface area contributed by atoms with Crippen LogP contribution >= 0.6 is 0 Å². The minimum Gasteiger partial charge on any atom is -0.489 e. The Morgan fingerprint density at radius 2 is 2.31 bits per heavy atom. The summed E-state index contributed by atoms with van der Waals surface area (Å²) in [6.45, 7) is 2.40. The van der Waals surface area contributed by atoms with Crippen molar-refractivity contribution in [1.82, 2.24) is 0 Å². The van der Waals surface area contributed by atoms with E-state index < -0.39 is 0 Å². The molecular weight excluding hydrogens is 168 g/mol. The van der Waals surface area contributed by atoms with Gasteiger partial charge in [-0.1, -0.05) is 0 Å². The number of aryl methyl sites for hydroxylation is 1. The largest absolute Gasteiger partial charge is 0.489 e. The van der Waals surface area contributed by atoms with Crippen molar-refractivity contribution in [2.45, 2.75) is 13.3 Å². The van der Waals surface area contributed by atoms with Gasteiger partial charge in [-0.2, -0.15) is 0 Å². The second-order valence-corrected chi connectivity index (χ2v) is 2.94. The maximum Gasteiger partial charge on any atom is 0.262 e. The summed E-state index contributed by atoms with van der Waals surface area (Å²) in [5.74, 6) is 1.34. The summed E-state index contributed by atoms with van der Waals surface area (Å²) in [7, 11) is 0. The van der Waals surface area contributed by atoms with Gasteiger partial charge in [-0.15, -0.1) is 0 Å². The highest BCUT2D eigenvalue weighted by molar-refractivity contribution is 6.05. The van der Waals surface area contributed by atoms with Crippen LogP contribution in [0.15, 0.2) is 28.4 Å². The molecule has 0 aromatic carbocycles. The normalized spacial score (nSPS) is 15.3. The molecule has 1 aliphatic heterocycles. The van der Waals surface area contributed by atoms with Gasteiger partial charge in [0.25, 0.3) is 5.78 Å². The summed E-state index contributed by atoms with van der Waals surface area (Å²) in [5.41, 5.74) is 0. The predicted molar refractivity (Wildman–Crippen MR) is 46.4 cm³/mol. The van der Waals surface area contributed by atoms with E-state index in [4.69, 9.17) is 9.15 Å². The molecule has 0 bridgehead atoms. The molecule has 0 saturated carbocycles. The van der Waals surface area contributed by atoms with Gasteiger partial charge in [0.1, 0.15) is 5.76 Å². The highest BCUT2D eigenvalue weighted by Gasteiger charge is 2.19. The Morgan fingerprint density at radius 3 is 2.85 bits per heavy atom. The van der Waals surface area contributed by atoms with E-state index in [1.54, 1.807) is 25.1 Å². The summed E-state index contributed by atoms with van der Waals surface area (Å²) >= 11 is 0. The van der Waals surface area contributed by atoms with Crippen LogP contribution in [0.2, 0.25) is 0 Å². The minimum atomic E-state index is -0.161. The second kappa shape index (κ2) is 3.09. The van der Waals surface area contributed by atoms with Crippen molar-refractivity contribution >= 4 is 5.78 Å². The number of hydrogen-bond donors (Lipinski definition) is 0. The van der Waals surface area contributed by atoms with Crippen LogP contribution in [0.3, 0.4) is 0 Å². The first-order valence-electron chi connectivity index (χ1n) is 4.21. The zero-order valence-corrected chi connectivity index (χ0v) is 7.37. The van der Waals surface area contributed by atoms with Crippen LogP contribution in [-0.2, 0) is 4.74 Å².